The highest BCUT2D eigenvalue weighted by Crippen LogP contribution is 2.48. The number of likely N-dealkylation sites (N-methyl/N-ethyl adjacent to an activating group) is 1. The van der Waals surface area contributed by atoms with Gasteiger partial charge in [0.1, 0.15) is 30.0 Å². The molecule has 2 heterocycles. The van der Waals surface area contributed by atoms with Crippen LogP contribution in [0, 0.1) is 17.7 Å². The molecule has 1 aliphatic heterocycles. The number of methoxy groups -OCH3 is 1. The standard InChI is InChI=1S/C28H38ClN5O4/c1-16-25(24(17(2)30)18(3)35)32-26(22-10-20(6-7-23(22)29)38-13-19(36)12-31-4)33-27(16)34-14-28(15-34)9-8-21(11-28)37-5/h6-7,10,19,21,30-31,35-36H,8-9,11-15H2,1-5H3/b24-18+,30-17?/t19-,21?/m1/s1. The Morgan fingerprint density at radius 3 is 2.66 bits per heavy atom. The fraction of sp³-hybridized carbons (Fsp3) is 0.536. The molecule has 2 atom stereocenters. The summed E-state index contributed by atoms with van der Waals surface area (Å²) in [5.74, 6) is 1.71. The topological polar surface area (TPSA) is 124 Å². The first-order chi connectivity index (χ1) is 18.1. The van der Waals surface area contributed by atoms with Gasteiger partial charge in [0.05, 0.1) is 22.4 Å². The van der Waals surface area contributed by atoms with Gasteiger partial charge >= 0.3 is 0 Å². The van der Waals surface area contributed by atoms with Crippen molar-refractivity contribution in [3.8, 4) is 17.1 Å². The van der Waals surface area contributed by atoms with Crippen LogP contribution in [0.1, 0.15) is 44.4 Å². The number of nitrogens with one attached hydrogen (secondary N) is 2. The first-order valence-corrected chi connectivity index (χ1v) is 13.3. The van der Waals surface area contributed by atoms with Crippen molar-refractivity contribution in [1.29, 1.82) is 5.41 Å². The Kier molecular flexibility index (Phi) is 8.62. The molecule has 4 rings (SSSR count). The van der Waals surface area contributed by atoms with Crippen molar-refractivity contribution in [2.24, 2.45) is 5.41 Å². The van der Waals surface area contributed by atoms with Gasteiger partial charge in [0.25, 0.3) is 0 Å². The molecule has 2 fully saturated rings. The minimum Gasteiger partial charge on any atom is -0.512 e. The zero-order valence-corrected chi connectivity index (χ0v) is 23.5. The van der Waals surface area contributed by atoms with Crippen LogP contribution in [-0.2, 0) is 4.74 Å². The fourth-order valence-electron chi connectivity index (χ4n) is 5.61. The van der Waals surface area contributed by atoms with Crippen LogP contribution >= 0.6 is 11.6 Å². The lowest BCUT2D eigenvalue weighted by Crippen LogP contribution is -2.56. The summed E-state index contributed by atoms with van der Waals surface area (Å²) in [5, 5.41) is 32.2. The van der Waals surface area contributed by atoms with Crippen molar-refractivity contribution in [3.63, 3.8) is 0 Å². The fourth-order valence-corrected chi connectivity index (χ4v) is 5.81. The van der Waals surface area contributed by atoms with Crippen molar-refractivity contribution in [2.75, 3.05) is 45.3 Å². The normalized spacial score (nSPS) is 19.8. The molecule has 1 saturated carbocycles. The molecule has 9 nitrogen and oxygen atoms in total. The largest absolute Gasteiger partial charge is 0.512 e. The number of hydrogen-bond acceptors (Lipinski definition) is 9. The number of aromatic nitrogens is 2. The third-order valence-corrected chi connectivity index (χ3v) is 7.83. The number of halogens is 1. The molecule has 206 valence electrons. The SMILES string of the molecule is CNC[C@@H](O)COc1ccc(Cl)c(-c2nc(/C(C(C)=N)=C(\C)O)c(C)c(N3CC4(CCC(OC)C4)C3)n2)c1. The quantitative estimate of drug-likeness (QED) is 0.257. The van der Waals surface area contributed by atoms with Gasteiger partial charge in [-0.3, -0.25) is 0 Å². The molecule has 1 aliphatic carbocycles. The molecular weight excluding hydrogens is 506 g/mol. The van der Waals surface area contributed by atoms with E-state index < -0.39 is 6.10 Å². The Labute approximate surface area is 229 Å². The maximum Gasteiger partial charge on any atom is 0.163 e. The Morgan fingerprint density at radius 1 is 1.32 bits per heavy atom. The summed E-state index contributed by atoms with van der Waals surface area (Å²) in [6.07, 6.45) is 2.87. The number of rotatable bonds is 10. The molecule has 2 aliphatic rings. The van der Waals surface area contributed by atoms with Crippen LogP contribution in [0.2, 0.25) is 5.02 Å². The number of benzene rings is 1. The van der Waals surface area contributed by atoms with Crippen molar-refractivity contribution < 1.29 is 19.7 Å². The van der Waals surface area contributed by atoms with Crippen molar-refractivity contribution in [2.45, 2.75) is 52.2 Å². The van der Waals surface area contributed by atoms with E-state index in [2.05, 4.69) is 10.2 Å². The van der Waals surface area contributed by atoms with Gasteiger partial charge in [-0.25, -0.2) is 9.97 Å². The third kappa shape index (κ3) is 5.81. The average Bonchev–Trinajstić information content (AvgIpc) is 3.29. The summed E-state index contributed by atoms with van der Waals surface area (Å²) in [5.41, 5.74) is 2.69. The molecule has 1 saturated heterocycles. The highest BCUT2D eigenvalue weighted by Gasteiger charge is 2.49. The van der Waals surface area contributed by atoms with Crippen molar-refractivity contribution in [3.05, 3.63) is 40.2 Å². The lowest BCUT2D eigenvalue weighted by Gasteiger charge is -2.49. The Bertz CT molecular complexity index is 1220. The summed E-state index contributed by atoms with van der Waals surface area (Å²) in [6, 6.07) is 5.22. The number of allylic oxidation sites excluding steroid dienone is 2. The Morgan fingerprint density at radius 2 is 2.05 bits per heavy atom. The van der Waals surface area contributed by atoms with Gasteiger partial charge in [0.2, 0.25) is 0 Å². The Hall–Kier alpha value is -2.72. The minimum atomic E-state index is -0.657. The number of aliphatic hydroxyl groups is 2. The number of nitrogens with zero attached hydrogens (tertiary/aromatic N) is 3. The third-order valence-electron chi connectivity index (χ3n) is 7.50. The van der Waals surface area contributed by atoms with E-state index in [4.69, 9.17) is 36.5 Å². The van der Waals surface area contributed by atoms with Crippen molar-refractivity contribution in [1.82, 2.24) is 15.3 Å². The van der Waals surface area contributed by atoms with Crippen LogP contribution in [0.3, 0.4) is 0 Å². The smallest absolute Gasteiger partial charge is 0.163 e. The molecule has 1 unspecified atom stereocenters. The number of aliphatic hydroxyl groups excluding tert-OH is 2. The van der Waals surface area contributed by atoms with E-state index in [1.165, 1.54) is 0 Å². The van der Waals surface area contributed by atoms with Gasteiger partial charge in [0.15, 0.2) is 5.82 Å². The molecule has 1 aromatic heterocycles. The minimum absolute atomic E-state index is 0.0247. The highest BCUT2D eigenvalue weighted by atomic mass is 35.5. The molecule has 0 bridgehead atoms. The second-order valence-corrected chi connectivity index (χ2v) is 11.0. The lowest BCUT2D eigenvalue weighted by atomic mass is 9.78. The van der Waals surface area contributed by atoms with E-state index >= 15 is 0 Å². The molecule has 0 amide bonds. The Balaban J connectivity index is 1.74. The number of hydrogen-bond donors (Lipinski definition) is 4. The molecule has 38 heavy (non-hydrogen) atoms. The summed E-state index contributed by atoms with van der Waals surface area (Å²) in [6.45, 7) is 7.39. The molecule has 10 heteroatoms. The van der Waals surface area contributed by atoms with E-state index in [1.807, 2.05) is 6.92 Å². The molecule has 4 N–H and O–H groups in total. The monoisotopic (exact) mass is 543 g/mol. The van der Waals surface area contributed by atoms with E-state index in [0.29, 0.717) is 46.1 Å². The molecule has 2 aromatic rings. The van der Waals surface area contributed by atoms with E-state index in [-0.39, 0.29) is 23.5 Å². The predicted molar refractivity (Wildman–Crippen MR) is 151 cm³/mol. The van der Waals surface area contributed by atoms with E-state index in [9.17, 15) is 10.2 Å². The van der Waals surface area contributed by atoms with Gasteiger partial charge in [0, 0.05) is 49.0 Å². The van der Waals surface area contributed by atoms with Gasteiger partial charge in [-0.05, 0) is 65.3 Å². The van der Waals surface area contributed by atoms with Gasteiger partial charge < -0.3 is 35.3 Å². The molecule has 1 spiro atoms. The average molecular weight is 544 g/mol. The first-order valence-electron chi connectivity index (χ1n) is 12.9. The molecular formula is C28H38ClN5O4. The maximum atomic E-state index is 10.5. The van der Waals surface area contributed by atoms with Crippen LogP contribution in [0.4, 0.5) is 5.82 Å². The predicted octanol–water partition coefficient (Wildman–Crippen LogP) is 4.40. The molecule has 1 aromatic carbocycles. The lowest BCUT2D eigenvalue weighted by molar-refractivity contribution is 0.0884. The van der Waals surface area contributed by atoms with Crippen LogP contribution in [-0.4, -0.2) is 78.5 Å². The van der Waals surface area contributed by atoms with Crippen molar-refractivity contribution >= 4 is 28.7 Å². The van der Waals surface area contributed by atoms with Gasteiger partial charge in [-0.2, -0.15) is 0 Å². The zero-order chi connectivity index (χ0) is 27.6. The summed E-state index contributed by atoms with van der Waals surface area (Å²) < 4.78 is 11.4. The van der Waals surface area contributed by atoms with Crippen LogP contribution in [0.15, 0.2) is 24.0 Å². The van der Waals surface area contributed by atoms with Crippen LogP contribution in [0.5, 0.6) is 5.75 Å². The summed E-state index contributed by atoms with van der Waals surface area (Å²) >= 11 is 6.62. The number of ether oxygens (including phenoxy) is 2. The van der Waals surface area contributed by atoms with E-state index in [1.54, 1.807) is 46.2 Å². The second kappa shape index (κ2) is 11.6. The molecule has 0 radical (unpaired) electrons. The zero-order valence-electron chi connectivity index (χ0n) is 22.8. The second-order valence-electron chi connectivity index (χ2n) is 10.6. The van der Waals surface area contributed by atoms with Gasteiger partial charge in [-0.1, -0.05) is 11.6 Å². The number of anilines is 1. The first kappa shape index (κ1) is 28.3. The highest BCUT2D eigenvalue weighted by molar-refractivity contribution is 6.33. The summed E-state index contributed by atoms with van der Waals surface area (Å²) in [4.78, 5) is 12.0. The van der Waals surface area contributed by atoms with Gasteiger partial charge in [-0.15, -0.1) is 0 Å². The van der Waals surface area contributed by atoms with Crippen LogP contribution in [0.25, 0.3) is 17.0 Å². The van der Waals surface area contributed by atoms with E-state index in [0.717, 1.165) is 43.7 Å². The van der Waals surface area contributed by atoms with Crippen LogP contribution < -0.4 is 15.0 Å². The summed E-state index contributed by atoms with van der Waals surface area (Å²) in [7, 11) is 3.55. The maximum absolute atomic E-state index is 10.5.